The zero-order valence-electron chi connectivity index (χ0n) is 13.7. The second-order valence-corrected chi connectivity index (χ2v) is 5.46. The number of amides is 1. The number of nitro groups is 1. The molecule has 2 aromatic rings. The number of hydrogen-bond acceptors (Lipinski definition) is 5. The highest BCUT2D eigenvalue weighted by Gasteiger charge is 2.21. The van der Waals surface area contributed by atoms with Crippen molar-refractivity contribution in [2.45, 2.75) is 26.8 Å². The molecule has 1 aromatic heterocycles. The monoisotopic (exact) mass is 332 g/mol. The van der Waals surface area contributed by atoms with Crippen molar-refractivity contribution in [1.29, 1.82) is 0 Å². The molecule has 8 nitrogen and oxygen atoms in total. The van der Waals surface area contributed by atoms with Gasteiger partial charge in [-0.1, -0.05) is 12.1 Å². The zero-order valence-corrected chi connectivity index (χ0v) is 13.7. The van der Waals surface area contributed by atoms with E-state index < -0.39 is 4.92 Å². The number of benzene rings is 1. The maximum atomic E-state index is 11.9. The van der Waals surface area contributed by atoms with Gasteiger partial charge < -0.3 is 10.4 Å². The summed E-state index contributed by atoms with van der Waals surface area (Å²) >= 11 is 0. The number of hydrogen-bond donors (Lipinski definition) is 2. The van der Waals surface area contributed by atoms with Gasteiger partial charge in [-0.05, 0) is 38.0 Å². The average Bonchev–Trinajstić information content (AvgIpc) is 2.82. The lowest BCUT2D eigenvalue weighted by Gasteiger charge is -2.07. The van der Waals surface area contributed by atoms with E-state index in [9.17, 15) is 14.9 Å². The Morgan fingerprint density at radius 2 is 2.00 bits per heavy atom. The van der Waals surface area contributed by atoms with Crippen molar-refractivity contribution >= 4 is 11.6 Å². The van der Waals surface area contributed by atoms with Crippen molar-refractivity contribution in [3.05, 3.63) is 56.9 Å². The molecule has 0 radical (unpaired) electrons. The van der Waals surface area contributed by atoms with Crippen LogP contribution in [0.5, 0.6) is 0 Å². The first-order valence-corrected chi connectivity index (χ1v) is 7.60. The molecule has 2 N–H and O–H groups in total. The van der Waals surface area contributed by atoms with Crippen molar-refractivity contribution in [2.75, 3.05) is 13.2 Å². The molecule has 0 spiro atoms. The van der Waals surface area contributed by atoms with Crippen LogP contribution >= 0.6 is 0 Å². The molecule has 128 valence electrons. The molecule has 0 unspecified atom stereocenters. The molecule has 0 atom stereocenters. The van der Waals surface area contributed by atoms with Gasteiger partial charge in [0.1, 0.15) is 11.4 Å². The Balaban J connectivity index is 2.08. The fourth-order valence-electron chi connectivity index (χ4n) is 2.42. The highest BCUT2D eigenvalue weighted by atomic mass is 16.6. The molecule has 24 heavy (non-hydrogen) atoms. The normalized spacial score (nSPS) is 10.6. The number of nitrogens with one attached hydrogen (secondary N) is 1. The molecule has 0 bridgehead atoms. The first-order valence-electron chi connectivity index (χ1n) is 7.60. The van der Waals surface area contributed by atoms with Crippen LogP contribution in [-0.4, -0.2) is 38.9 Å². The molecule has 0 fully saturated rings. The predicted molar refractivity (Wildman–Crippen MR) is 87.9 cm³/mol. The Kier molecular flexibility index (Phi) is 5.64. The van der Waals surface area contributed by atoms with Crippen LogP contribution in [0.2, 0.25) is 0 Å². The van der Waals surface area contributed by atoms with Gasteiger partial charge in [0.15, 0.2) is 0 Å². The van der Waals surface area contributed by atoms with Gasteiger partial charge in [-0.2, -0.15) is 5.10 Å². The van der Waals surface area contributed by atoms with Crippen LogP contribution in [0, 0.1) is 24.0 Å². The van der Waals surface area contributed by atoms with Gasteiger partial charge >= 0.3 is 5.69 Å². The van der Waals surface area contributed by atoms with E-state index in [0.29, 0.717) is 36.5 Å². The summed E-state index contributed by atoms with van der Waals surface area (Å²) in [6.07, 6.45) is 0.514. The maximum absolute atomic E-state index is 11.9. The van der Waals surface area contributed by atoms with Gasteiger partial charge in [-0.3, -0.25) is 19.6 Å². The van der Waals surface area contributed by atoms with E-state index in [4.69, 9.17) is 5.11 Å². The number of rotatable bonds is 7. The number of nitrogens with zero attached hydrogens (tertiary/aromatic N) is 3. The summed E-state index contributed by atoms with van der Waals surface area (Å²) in [5, 5.41) is 26.6. The molecule has 0 aliphatic heterocycles. The van der Waals surface area contributed by atoms with Crippen LogP contribution in [0.1, 0.15) is 33.7 Å². The van der Waals surface area contributed by atoms with E-state index in [0.717, 1.165) is 5.56 Å². The van der Waals surface area contributed by atoms with Crippen LogP contribution in [0.25, 0.3) is 0 Å². The first-order chi connectivity index (χ1) is 11.4. The molecule has 0 aliphatic carbocycles. The van der Waals surface area contributed by atoms with Crippen molar-refractivity contribution in [3.8, 4) is 0 Å². The van der Waals surface area contributed by atoms with Crippen LogP contribution in [0.3, 0.4) is 0 Å². The highest BCUT2D eigenvalue weighted by Crippen LogP contribution is 2.22. The Hall–Kier alpha value is -2.74. The Morgan fingerprint density at radius 3 is 2.54 bits per heavy atom. The van der Waals surface area contributed by atoms with Gasteiger partial charge in [0.05, 0.1) is 11.5 Å². The molecular weight excluding hydrogens is 312 g/mol. The van der Waals surface area contributed by atoms with Crippen LogP contribution in [-0.2, 0) is 6.54 Å². The predicted octanol–water partition coefficient (Wildman–Crippen LogP) is 1.57. The summed E-state index contributed by atoms with van der Waals surface area (Å²) in [6, 6.07) is 6.99. The average molecular weight is 332 g/mol. The van der Waals surface area contributed by atoms with Crippen LogP contribution < -0.4 is 5.32 Å². The maximum Gasteiger partial charge on any atom is 0.312 e. The Labute approximate surface area is 139 Å². The third kappa shape index (κ3) is 3.96. The fraction of sp³-hybridized carbons (Fsp3) is 0.375. The smallest absolute Gasteiger partial charge is 0.312 e. The molecule has 0 saturated heterocycles. The van der Waals surface area contributed by atoms with Crippen molar-refractivity contribution in [3.63, 3.8) is 0 Å². The van der Waals surface area contributed by atoms with Gasteiger partial charge in [0, 0.05) is 18.7 Å². The number of aliphatic hydroxyl groups excluding tert-OH is 1. The van der Waals surface area contributed by atoms with Gasteiger partial charge in [-0.15, -0.1) is 0 Å². The SMILES string of the molecule is Cc1nn(Cc2ccc(C(=O)NCCCO)cc2)c(C)c1[N+](=O)[O-]. The van der Waals surface area contributed by atoms with E-state index >= 15 is 0 Å². The third-order valence-corrected chi connectivity index (χ3v) is 3.69. The quantitative estimate of drug-likeness (QED) is 0.454. The van der Waals surface area contributed by atoms with E-state index in [-0.39, 0.29) is 18.2 Å². The summed E-state index contributed by atoms with van der Waals surface area (Å²) < 4.78 is 1.59. The summed E-state index contributed by atoms with van der Waals surface area (Å²) in [7, 11) is 0. The zero-order chi connectivity index (χ0) is 17.7. The molecule has 1 amide bonds. The summed E-state index contributed by atoms with van der Waals surface area (Å²) in [5.74, 6) is -0.197. The second-order valence-electron chi connectivity index (χ2n) is 5.46. The fourth-order valence-corrected chi connectivity index (χ4v) is 2.42. The summed E-state index contributed by atoms with van der Waals surface area (Å²) in [6.45, 7) is 4.13. The molecule has 1 aromatic carbocycles. The van der Waals surface area contributed by atoms with Crippen LogP contribution in [0.4, 0.5) is 5.69 Å². The summed E-state index contributed by atoms with van der Waals surface area (Å²) in [5.41, 5.74) is 2.34. The largest absolute Gasteiger partial charge is 0.396 e. The van der Waals surface area contributed by atoms with Crippen molar-refractivity contribution in [2.24, 2.45) is 0 Å². The van der Waals surface area contributed by atoms with E-state index in [1.54, 1.807) is 42.8 Å². The lowest BCUT2D eigenvalue weighted by Crippen LogP contribution is -2.24. The minimum Gasteiger partial charge on any atom is -0.396 e. The minimum atomic E-state index is -0.423. The lowest BCUT2D eigenvalue weighted by molar-refractivity contribution is -0.386. The topological polar surface area (TPSA) is 110 Å². The lowest BCUT2D eigenvalue weighted by atomic mass is 10.1. The molecule has 0 aliphatic rings. The number of aromatic nitrogens is 2. The van der Waals surface area contributed by atoms with E-state index in [1.807, 2.05) is 0 Å². The highest BCUT2D eigenvalue weighted by molar-refractivity contribution is 5.94. The summed E-state index contributed by atoms with van der Waals surface area (Å²) in [4.78, 5) is 22.5. The molecule has 8 heteroatoms. The first kappa shape index (κ1) is 17.6. The van der Waals surface area contributed by atoms with Crippen LogP contribution in [0.15, 0.2) is 24.3 Å². The van der Waals surface area contributed by atoms with Gasteiger partial charge in [0.2, 0.25) is 0 Å². The van der Waals surface area contributed by atoms with Crippen molar-refractivity contribution in [1.82, 2.24) is 15.1 Å². The van der Waals surface area contributed by atoms with Gasteiger partial charge in [0.25, 0.3) is 5.91 Å². The number of carbonyl (C=O) groups is 1. The van der Waals surface area contributed by atoms with Crippen molar-refractivity contribution < 1.29 is 14.8 Å². The minimum absolute atomic E-state index is 0.0357. The standard InChI is InChI=1S/C16H20N4O4/c1-11-15(20(23)24)12(2)19(18-11)10-13-4-6-14(7-5-13)16(22)17-8-3-9-21/h4-7,21H,3,8-10H2,1-2H3,(H,17,22). The molecular formula is C16H20N4O4. The number of aryl methyl sites for hydroxylation is 1. The Morgan fingerprint density at radius 1 is 1.33 bits per heavy atom. The number of carbonyl (C=O) groups excluding carboxylic acids is 1. The number of aliphatic hydroxyl groups is 1. The Bertz CT molecular complexity index is 737. The molecule has 1 heterocycles. The van der Waals surface area contributed by atoms with E-state index in [1.165, 1.54) is 0 Å². The second kappa shape index (κ2) is 7.69. The molecule has 2 rings (SSSR count). The van der Waals surface area contributed by atoms with Gasteiger partial charge in [-0.25, -0.2) is 0 Å². The van der Waals surface area contributed by atoms with E-state index in [2.05, 4.69) is 10.4 Å². The molecule has 0 saturated carbocycles. The third-order valence-electron chi connectivity index (χ3n) is 3.69.